The van der Waals surface area contributed by atoms with Gasteiger partial charge in [0.25, 0.3) is 0 Å². The highest BCUT2D eigenvalue weighted by molar-refractivity contribution is 5.98. The third kappa shape index (κ3) is 6.14. The summed E-state index contributed by atoms with van der Waals surface area (Å²) >= 11 is 0. The lowest BCUT2D eigenvalue weighted by Gasteiger charge is -2.39. The van der Waals surface area contributed by atoms with Gasteiger partial charge in [-0.1, -0.05) is 224 Å². The van der Waals surface area contributed by atoms with Gasteiger partial charge in [0.15, 0.2) is 0 Å². The number of anilines is 3. The van der Waals surface area contributed by atoms with E-state index in [2.05, 4.69) is 290 Å². The van der Waals surface area contributed by atoms with E-state index in [9.17, 15) is 0 Å². The molecule has 0 saturated carbocycles. The summed E-state index contributed by atoms with van der Waals surface area (Å²) in [5.41, 5.74) is 23.6. The Morgan fingerprint density at radius 3 is 1.03 bits per heavy atom. The normalized spacial score (nSPS) is 13.9. The molecule has 4 aliphatic rings. The van der Waals surface area contributed by atoms with E-state index in [0.29, 0.717) is 0 Å². The molecule has 0 saturated heterocycles. The second kappa shape index (κ2) is 16.8. The smallest absolute Gasteiger partial charge is 0.132 e. The molecule has 0 aromatic heterocycles. The second-order valence-corrected chi connectivity index (χ2v) is 20.6. The van der Waals surface area contributed by atoms with E-state index in [1.807, 2.05) is 0 Å². The van der Waals surface area contributed by atoms with Crippen molar-refractivity contribution in [2.45, 2.75) is 10.8 Å². The minimum Gasteiger partial charge on any atom is -0.457 e. The Morgan fingerprint density at radius 2 is 0.571 bits per heavy atom. The van der Waals surface area contributed by atoms with Crippen LogP contribution in [0.3, 0.4) is 0 Å². The zero-order valence-corrected chi connectivity index (χ0v) is 41.9. The molecule has 0 radical (unpaired) electrons. The van der Waals surface area contributed by atoms with Crippen LogP contribution in [-0.2, 0) is 10.8 Å². The highest BCUT2D eigenvalue weighted by Crippen LogP contribution is 2.64. The van der Waals surface area contributed by atoms with Crippen molar-refractivity contribution in [2.75, 3.05) is 4.90 Å². The van der Waals surface area contributed by atoms with E-state index in [1.165, 1.54) is 50.1 Å². The zero-order chi connectivity index (χ0) is 50.7. The first kappa shape index (κ1) is 43.4. The lowest BCUT2D eigenvalue weighted by molar-refractivity contribution is 0.436. The number of hydrogen-bond acceptors (Lipinski definition) is 3. The van der Waals surface area contributed by atoms with Crippen molar-refractivity contribution in [2.24, 2.45) is 0 Å². The summed E-state index contributed by atoms with van der Waals surface area (Å²) in [5, 5.41) is 0. The number of hydrogen-bond donors (Lipinski definition) is 0. The lowest BCUT2D eigenvalue weighted by atomic mass is 9.66. The quantitative estimate of drug-likeness (QED) is 0.166. The number of benzene rings is 12. The SMILES string of the molecule is c1ccc(-c2cccc(N(c3ccccc3-c3ccc4c(c3)-c3ccccc3C43c4ccccc4Oc4ccccc43)c3ccccc3-c3ccc4c(c3)-c3ccccc3C43c4ccccc4Oc4ccccc43)c2)cc1. The Morgan fingerprint density at radius 1 is 0.221 bits per heavy atom. The molecule has 2 aliphatic heterocycles. The third-order valence-electron chi connectivity index (χ3n) is 16.8. The first-order valence-corrected chi connectivity index (χ1v) is 26.6. The zero-order valence-electron chi connectivity index (χ0n) is 41.9. The van der Waals surface area contributed by atoms with E-state index in [-0.39, 0.29) is 0 Å². The van der Waals surface area contributed by atoms with E-state index in [1.54, 1.807) is 0 Å². The Kier molecular flexibility index (Phi) is 9.47. The largest absolute Gasteiger partial charge is 0.457 e. The summed E-state index contributed by atoms with van der Waals surface area (Å²) < 4.78 is 13.3. The summed E-state index contributed by atoms with van der Waals surface area (Å²) in [5.74, 6) is 3.56. The molecule has 3 heteroatoms. The van der Waals surface area contributed by atoms with E-state index >= 15 is 0 Å². The minimum absolute atomic E-state index is 0.550. The Balaban J connectivity index is 0.901. The van der Waals surface area contributed by atoms with E-state index < -0.39 is 10.8 Å². The van der Waals surface area contributed by atoms with Gasteiger partial charge in [0.1, 0.15) is 23.0 Å². The molecule has 12 aromatic rings. The van der Waals surface area contributed by atoms with Crippen molar-refractivity contribution in [3.8, 4) is 78.6 Å². The molecule has 16 rings (SSSR count). The van der Waals surface area contributed by atoms with Crippen LogP contribution in [0.5, 0.6) is 23.0 Å². The molecule has 0 atom stereocenters. The Bertz CT molecular complexity index is 4050. The molecule has 12 aromatic carbocycles. The van der Waals surface area contributed by atoms with Crippen LogP contribution in [0.1, 0.15) is 44.5 Å². The molecule has 0 unspecified atom stereocenters. The van der Waals surface area contributed by atoms with Gasteiger partial charge >= 0.3 is 0 Å². The molecule has 2 heterocycles. The van der Waals surface area contributed by atoms with E-state index in [4.69, 9.17) is 9.47 Å². The van der Waals surface area contributed by atoms with Gasteiger partial charge in [-0.3, -0.25) is 0 Å². The fourth-order valence-electron chi connectivity index (χ4n) is 13.7. The van der Waals surface area contributed by atoms with Gasteiger partial charge < -0.3 is 14.4 Å². The monoisotopic (exact) mass is 981 g/mol. The van der Waals surface area contributed by atoms with Crippen LogP contribution in [0.25, 0.3) is 55.6 Å². The standard InChI is InChI=1S/C74H47NO2/c1-2-21-48(22-3-1)49-23-20-24-52(45-49)75(67-35-14-6-25-53(67)50-41-43-61-57(46-50)55-27-4-8-29-59(55)73(61)63-31-10-16-37-69(63)76-70-38-17-11-32-64(70)73)68-36-15-7-26-54(68)51-42-44-62-58(47-51)56-28-5-9-30-60(56)74(62)65-33-12-18-39-71(65)77-72-40-19-13-34-66(72)74/h1-47H. The molecule has 0 amide bonds. The lowest BCUT2D eigenvalue weighted by Crippen LogP contribution is -2.32. The first-order valence-electron chi connectivity index (χ1n) is 26.6. The molecule has 3 nitrogen and oxygen atoms in total. The molecule has 0 fully saturated rings. The number of ether oxygens (including phenoxy) is 2. The topological polar surface area (TPSA) is 21.7 Å². The van der Waals surface area contributed by atoms with Crippen LogP contribution in [0, 0.1) is 0 Å². The molecular formula is C74H47NO2. The maximum absolute atomic E-state index is 6.67. The van der Waals surface area contributed by atoms with Crippen molar-refractivity contribution < 1.29 is 9.47 Å². The van der Waals surface area contributed by atoms with Crippen molar-refractivity contribution in [3.05, 3.63) is 330 Å². The number of rotatable bonds is 6. The third-order valence-corrected chi connectivity index (χ3v) is 16.8. The number of para-hydroxylation sites is 6. The van der Waals surface area contributed by atoms with Crippen molar-refractivity contribution in [3.63, 3.8) is 0 Å². The van der Waals surface area contributed by atoms with Crippen LogP contribution in [0.15, 0.2) is 285 Å². The predicted molar refractivity (Wildman–Crippen MR) is 312 cm³/mol. The highest BCUT2D eigenvalue weighted by Gasteiger charge is 2.52. The van der Waals surface area contributed by atoms with Crippen molar-refractivity contribution in [1.82, 2.24) is 0 Å². The number of fused-ring (bicyclic) bond motifs is 18. The van der Waals surface area contributed by atoms with Crippen LogP contribution >= 0.6 is 0 Å². The maximum atomic E-state index is 6.67. The van der Waals surface area contributed by atoms with Gasteiger partial charge in [0.05, 0.1) is 22.2 Å². The van der Waals surface area contributed by atoms with Crippen molar-refractivity contribution in [1.29, 1.82) is 0 Å². The van der Waals surface area contributed by atoms with Gasteiger partial charge in [0, 0.05) is 39.1 Å². The summed E-state index contributed by atoms with van der Waals surface area (Å²) in [6.07, 6.45) is 0. The first-order chi connectivity index (χ1) is 38.2. The second-order valence-electron chi connectivity index (χ2n) is 20.6. The molecule has 0 N–H and O–H groups in total. The van der Waals surface area contributed by atoms with Gasteiger partial charge in [-0.2, -0.15) is 0 Å². The van der Waals surface area contributed by atoms with Crippen LogP contribution < -0.4 is 14.4 Å². The van der Waals surface area contributed by atoms with Gasteiger partial charge in [-0.15, -0.1) is 0 Å². The Hall–Kier alpha value is -9.96. The minimum atomic E-state index is -0.550. The predicted octanol–water partition coefficient (Wildman–Crippen LogP) is 19.1. The van der Waals surface area contributed by atoms with Crippen LogP contribution in [0.4, 0.5) is 17.1 Å². The maximum Gasteiger partial charge on any atom is 0.132 e. The number of nitrogens with zero attached hydrogens (tertiary/aromatic N) is 1. The molecule has 2 aliphatic carbocycles. The molecule has 2 spiro atoms. The van der Waals surface area contributed by atoms with Crippen LogP contribution in [-0.4, -0.2) is 0 Å². The molecular weight excluding hydrogens is 935 g/mol. The average Bonchev–Trinajstić information content (AvgIpc) is 4.10. The molecule has 0 bridgehead atoms. The Labute approximate surface area is 448 Å². The van der Waals surface area contributed by atoms with Gasteiger partial charge in [-0.05, 0) is 127 Å². The summed E-state index contributed by atoms with van der Waals surface area (Å²) in [6, 6.07) is 104. The summed E-state index contributed by atoms with van der Waals surface area (Å²) in [4.78, 5) is 2.48. The van der Waals surface area contributed by atoms with Crippen molar-refractivity contribution >= 4 is 17.1 Å². The average molecular weight is 982 g/mol. The summed E-state index contributed by atoms with van der Waals surface area (Å²) in [7, 11) is 0. The highest BCUT2D eigenvalue weighted by atomic mass is 16.5. The fraction of sp³-hybridized carbons (Fsp3) is 0.0270. The van der Waals surface area contributed by atoms with Gasteiger partial charge in [-0.25, -0.2) is 0 Å². The van der Waals surface area contributed by atoms with Gasteiger partial charge in [0.2, 0.25) is 0 Å². The summed E-state index contributed by atoms with van der Waals surface area (Å²) in [6.45, 7) is 0. The van der Waals surface area contributed by atoms with E-state index in [0.717, 1.165) is 90.1 Å². The fourth-order valence-corrected chi connectivity index (χ4v) is 13.7. The van der Waals surface area contributed by atoms with Crippen LogP contribution in [0.2, 0.25) is 0 Å². The molecule has 77 heavy (non-hydrogen) atoms. The molecule has 360 valence electrons.